The third-order valence-corrected chi connectivity index (χ3v) is 5.83. The second kappa shape index (κ2) is 4.66. The number of hydrogen-bond donors (Lipinski definition) is 0. The van der Waals surface area contributed by atoms with Gasteiger partial charge in [0.25, 0.3) is 0 Å². The number of carbonyl (C=O) groups excluding carboxylic acids is 2. The third kappa shape index (κ3) is 1.84. The van der Waals surface area contributed by atoms with Crippen LogP contribution >= 0.6 is 22.6 Å². The molecule has 1 saturated carbocycles. The SMILES string of the molecule is Cc1cc(I)ccc1N1C(=O)[C@@H]2[C@H](C1=O)[C@H]1C=C[C@H]2CC1. The van der Waals surface area contributed by atoms with E-state index in [0.717, 1.165) is 27.7 Å². The molecule has 21 heavy (non-hydrogen) atoms. The van der Waals surface area contributed by atoms with Crippen LogP contribution in [0.2, 0.25) is 0 Å². The number of amides is 2. The van der Waals surface area contributed by atoms with E-state index in [9.17, 15) is 9.59 Å². The molecule has 1 saturated heterocycles. The van der Waals surface area contributed by atoms with Gasteiger partial charge in [-0.3, -0.25) is 9.59 Å². The number of anilines is 1. The van der Waals surface area contributed by atoms with Crippen LogP contribution in [-0.2, 0) is 9.59 Å². The fourth-order valence-electron chi connectivity index (χ4n) is 4.18. The van der Waals surface area contributed by atoms with Crippen molar-refractivity contribution in [2.75, 3.05) is 4.90 Å². The van der Waals surface area contributed by atoms with Gasteiger partial charge in [-0.1, -0.05) is 12.2 Å². The molecule has 1 aliphatic heterocycles. The van der Waals surface area contributed by atoms with E-state index in [4.69, 9.17) is 0 Å². The zero-order chi connectivity index (χ0) is 14.7. The van der Waals surface area contributed by atoms with Crippen LogP contribution in [0.25, 0.3) is 0 Å². The fourth-order valence-corrected chi connectivity index (χ4v) is 4.83. The lowest BCUT2D eigenvalue weighted by Crippen LogP contribution is -2.38. The summed E-state index contributed by atoms with van der Waals surface area (Å²) in [6.07, 6.45) is 6.40. The van der Waals surface area contributed by atoms with Gasteiger partial charge in [0.1, 0.15) is 0 Å². The number of nitrogens with zero attached hydrogens (tertiary/aromatic N) is 1. The van der Waals surface area contributed by atoms with E-state index in [0.29, 0.717) is 0 Å². The molecular formula is C17H16INO2. The largest absolute Gasteiger partial charge is 0.274 e. The van der Waals surface area contributed by atoms with Crippen molar-refractivity contribution < 1.29 is 9.59 Å². The average Bonchev–Trinajstić information content (AvgIpc) is 2.75. The van der Waals surface area contributed by atoms with Crippen molar-refractivity contribution in [3.8, 4) is 0 Å². The molecule has 0 spiro atoms. The van der Waals surface area contributed by atoms with E-state index in [-0.39, 0.29) is 35.5 Å². The maximum atomic E-state index is 12.8. The maximum absolute atomic E-state index is 12.8. The molecule has 2 bridgehead atoms. The van der Waals surface area contributed by atoms with Crippen LogP contribution in [0.1, 0.15) is 18.4 Å². The molecule has 4 heteroatoms. The summed E-state index contributed by atoms with van der Waals surface area (Å²) in [4.78, 5) is 27.2. The maximum Gasteiger partial charge on any atom is 0.238 e. The zero-order valence-electron chi connectivity index (χ0n) is 11.8. The van der Waals surface area contributed by atoms with Gasteiger partial charge in [0.15, 0.2) is 0 Å². The number of benzene rings is 1. The minimum absolute atomic E-state index is 0.00774. The molecule has 3 aliphatic carbocycles. The van der Waals surface area contributed by atoms with E-state index >= 15 is 0 Å². The van der Waals surface area contributed by atoms with Crippen LogP contribution < -0.4 is 4.90 Å². The Morgan fingerprint density at radius 1 is 1.05 bits per heavy atom. The molecule has 0 N–H and O–H groups in total. The first-order valence-electron chi connectivity index (χ1n) is 7.40. The molecule has 2 fully saturated rings. The number of imide groups is 1. The van der Waals surface area contributed by atoms with Gasteiger partial charge in [0.05, 0.1) is 17.5 Å². The Morgan fingerprint density at radius 3 is 2.10 bits per heavy atom. The molecule has 4 aliphatic rings. The summed E-state index contributed by atoms with van der Waals surface area (Å²) in [6, 6.07) is 5.88. The van der Waals surface area contributed by atoms with Crippen molar-refractivity contribution in [1.82, 2.24) is 0 Å². The lowest BCUT2D eigenvalue weighted by molar-refractivity contribution is -0.124. The van der Waals surface area contributed by atoms with E-state index in [2.05, 4.69) is 34.7 Å². The number of halogens is 1. The summed E-state index contributed by atoms with van der Waals surface area (Å²) >= 11 is 2.25. The highest BCUT2D eigenvalue weighted by Crippen LogP contribution is 2.50. The van der Waals surface area contributed by atoms with Crippen molar-refractivity contribution in [2.24, 2.45) is 23.7 Å². The summed E-state index contributed by atoms with van der Waals surface area (Å²) in [6.45, 7) is 1.97. The van der Waals surface area contributed by atoms with E-state index in [1.54, 1.807) is 0 Å². The summed E-state index contributed by atoms with van der Waals surface area (Å²) in [5.41, 5.74) is 1.75. The second-order valence-corrected chi connectivity index (χ2v) is 7.53. The Hall–Kier alpha value is -1.17. The Morgan fingerprint density at radius 2 is 1.62 bits per heavy atom. The predicted octanol–water partition coefficient (Wildman–Crippen LogP) is 3.30. The Kier molecular flexibility index (Phi) is 3.00. The lowest BCUT2D eigenvalue weighted by atomic mass is 9.63. The molecule has 4 atom stereocenters. The van der Waals surface area contributed by atoms with Crippen LogP contribution in [0.5, 0.6) is 0 Å². The molecule has 108 valence electrons. The highest BCUT2D eigenvalue weighted by molar-refractivity contribution is 14.1. The van der Waals surface area contributed by atoms with Gasteiger partial charge in [0.2, 0.25) is 11.8 Å². The Bertz CT molecular complexity index is 649. The van der Waals surface area contributed by atoms with Crippen LogP contribution in [0, 0.1) is 34.2 Å². The van der Waals surface area contributed by atoms with Crippen LogP contribution in [0.3, 0.4) is 0 Å². The number of aryl methyl sites for hydroxylation is 1. The molecule has 1 aromatic carbocycles. The van der Waals surface area contributed by atoms with Gasteiger partial charge in [0, 0.05) is 3.57 Å². The molecule has 3 nitrogen and oxygen atoms in total. The van der Waals surface area contributed by atoms with Crippen molar-refractivity contribution in [2.45, 2.75) is 19.8 Å². The number of carbonyl (C=O) groups is 2. The standard InChI is InChI=1S/C17H16INO2/c1-9-8-12(18)6-7-13(9)19-16(20)14-10-2-3-11(5-4-10)15(14)17(19)21/h2-3,6-8,10-11,14-15H,4-5H2,1H3/t10-,11-,14-,15+/m0/s1. The Balaban J connectivity index is 1.78. The van der Waals surface area contributed by atoms with Gasteiger partial charge in [-0.25, -0.2) is 4.90 Å². The van der Waals surface area contributed by atoms with Crippen LogP contribution in [0.4, 0.5) is 5.69 Å². The summed E-state index contributed by atoms with van der Waals surface area (Å²) in [7, 11) is 0. The van der Waals surface area contributed by atoms with Crippen molar-refractivity contribution in [3.05, 3.63) is 39.5 Å². The first-order chi connectivity index (χ1) is 10.1. The number of hydrogen-bond acceptors (Lipinski definition) is 2. The molecule has 5 rings (SSSR count). The van der Waals surface area contributed by atoms with Gasteiger partial charge >= 0.3 is 0 Å². The van der Waals surface area contributed by atoms with Gasteiger partial charge in [-0.2, -0.15) is 0 Å². The fraction of sp³-hybridized carbons (Fsp3) is 0.412. The minimum atomic E-state index is -0.125. The predicted molar refractivity (Wildman–Crippen MR) is 88.7 cm³/mol. The molecule has 1 aromatic rings. The average molecular weight is 393 g/mol. The van der Waals surface area contributed by atoms with Crippen molar-refractivity contribution >= 4 is 40.1 Å². The zero-order valence-corrected chi connectivity index (χ0v) is 13.9. The smallest absolute Gasteiger partial charge is 0.238 e. The highest BCUT2D eigenvalue weighted by Gasteiger charge is 2.56. The minimum Gasteiger partial charge on any atom is -0.274 e. The molecule has 0 aromatic heterocycles. The van der Waals surface area contributed by atoms with Gasteiger partial charge in [-0.15, -0.1) is 0 Å². The lowest BCUT2D eigenvalue weighted by Gasteiger charge is -2.38. The Labute approximate surface area is 137 Å². The quantitative estimate of drug-likeness (QED) is 0.417. The van der Waals surface area contributed by atoms with E-state index in [1.165, 1.54) is 4.90 Å². The molecule has 0 unspecified atom stereocenters. The molecule has 0 radical (unpaired) electrons. The summed E-state index contributed by atoms with van der Waals surface area (Å²) in [5, 5.41) is 0. The number of fused-ring (bicyclic) bond motifs is 1. The van der Waals surface area contributed by atoms with Gasteiger partial charge in [-0.05, 0) is 78.0 Å². The summed E-state index contributed by atoms with van der Waals surface area (Å²) in [5.74, 6) is 0.276. The second-order valence-electron chi connectivity index (χ2n) is 6.28. The number of allylic oxidation sites excluding steroid dienone is 2. The molecule has 1 heterocycles. The van der Waals surface area contributed by atoms with Crippen molar-refractivity contribution in [3.63, 3.8) is 0 Å². The van der Waals surface area contributed by atoms with Crippen LogP contribution in [0.15, 0.2) is 30.4 Å². The van der Waals surface area contributed by atoms with E-state index in [1.807, 2.05) is 25.1 Å². The highest BCUT2D eigenvalue weighted by atomic mass is 127. The molecule has 2 amide bonds. The summed E-state index contributed by atoms with van der Waals surface area (Å²) < 4.78 is 1.12. The number of rotatable bonds is 1. The molecular weight excluding hydrogens is 377 g/mol. The van der Waals surface area contributed by atoms with Gasteiger partial charge < -0.3 is 0 Å². The monoisotopic (exact) mass is 393 g/mol. The third-order valence-electron chi connectivity index (χ3n) is 5.16. The first kappa shape index (κ1) is 13.5. The first-order valence-corrected chi connectivity index (χ1v) is 8.48. The van der Waals surface area contributed by atoms with E-state index < -0.39 is 0 Å². The van der Waals surface area contributed by atoms with Crippen LogP contribution in [-0.4, -0.2) is 11.8 Å². The topological polar surface area (TPSA) is 37.4 Å². The normalized spacial score (nSPS) is 33.7. The van der Waals surface area contributed by atoms with Crippen molar-refractivity contribution in [1.29, 1.82) is 0 Å².